The lowest BCUT2D eigenvalue weighted by Gasteiger charge is -2.23. The molecule has 0 fully saturated rings. The molecule has 0 bridgehead atoms. The predicted octanol–water partition coefficient (Wildman–Crippen LogP) is 2.81. The molecule has 0 saturated carbocycles. The van der Waals surface area contributed by atoms with E-state index in [0.29, 0.717) is 0 Å². The smallest absolute Gasteiger partial charge is 0.142 e. The minimum absolute atomic E-state index is 0.187. The third-order valence-electron chi connectivity index (χ3n) is 2.29. The van der Waals surface area contributed by atoms with Gasteiger partial charge in [-0.25, -0.2) is 0 Å². The summed E-state index contributed by atoms with van der Waals surface area (Å²) in [6, 6.07) is 7.72. The molecule has 0 spiro atoms. The number of methoxy groups -OCH3 is 1. The van der Waals surface area contributed by atoms with E-state index >= 15 is 0 Å². The van der Waals surface area contributed by atoms with Crippen LogP contribution >= 0.6 is 15.9 Å². The molecule has 0 amide bonds. The molecule has 3 nitrogen and oxygen atoms in total. The van der Waals surface area contributed by atoms with Crippen molar-refractivity contribution in [2.75, 3.05) is 19.1 Å². The van der Waals surface area contributed by atoms with Gasteiger partial charge in [-0.05, 0) is 25.1 Å². The molecule has 0 radical (unpaired) electrons. The molecule has 0 aromatic heterocycles. The Kier molecular flexibility index (Phi) is 3.98. The summed E-state index contributed by atoms with van der Waals surface area (Å²) in [5, 5.41) is 8.86. The van der Waals surface area contributed by atoms with Gasteiger partial charge in [0.15, 0.2) is 0 Å². The van der Waals surface area contributed by atoms with Crippen LogP contribution in [-0.2, 0) is 0 Å². The van der Waals surface area contributed by atoms with Crippen molar-refractivity contribution in [3.8, 4) is 11.8 Å². The molecule has 0 aliphatic carbocycles. The van der Waals surface area contributed by atoms with Gasteiger partial charge in [0.25, 0.3) is 0 Å². The molecule has 4 heteroatoms. The van der Waals surface area contributed by atoms with Crippen molar-refractivity contribution in [1.29, 1.82) is 5.26 Å². The lowest BCUT2D eigenvalue weighted by atomic mass is 10.2. The quantitative estimate of drug-likeness (QED) is 0.846. The maximum absolute atomic E-state index is 8.86. The summed E-state index contributed by atoms with van der Waals surface area (Å²) in [4.78, 5) is 1.88. The standard InChI is InChI=1S/C11H13BrN2O/c1-8(7-13)14(2)10-6-9(12)4-5-11(10)15-3/h4-6,8H,1-3H3. The van der Waals surface area contributed by atoms with E-state index in [9.17, 15) is 0 Å². The number of nitriles is 1. The molecule has 0 N–H and O–H groups in total. The van der Waals surface area contributed by atoms with Crippen LogP contribution < -0.4 is 9.64 Å². The van der Waals surface area contributed by atoms with Crippen molar-refractivity contribution in [2.24, 2.45) is 0 Å². The highest BCUT2D eigenvalue weighted by atomic mass is 79.9. The van der Waals surface area contributed by atoms with Crippen LogP contribution in [0.5, 0.6) is 5.75 Å². The van der Waals surface area contributed by atoms with Crippen LogP contribution in [0.4, 0.5) is 5.69 Å². The van der Waals surface area contributed by atoms with Gasteiger partial charge in [0.05, 0.1) is 18.9 Å². The van der Waals surface area contributed by atoms with Crippen molar-refractivity contribution in [1.82, 2.24) is 0 Å². The number of hydrogen-bond acceptors (Lipinski definition) is 3. The molecule has 0 heterocycles. The van der Waals surface area contributed by atoms with E-state index in [4.69, 9.17) is 10.00 Å². The number of nitrogens with zero attached hydrogens (tertiary/aromatic N) is 2. The van der Waals surface area contributed by atoms with E-state index in [0.717, 1.165) is 15.9 Å². The number of anilines is 1. The largest absolute Gasteiger partial charge is 0.495 e. The van der Waals surface area contributed by atoms with Gasteiger partial charge >= 0.3 is 0 Å². The third kappa shape index (κ3) is 2.63. The Morgan fingerprint density at radius 2 is 2.20 bits per heavy atom. The SMILES string of the molecule is COc1ccc(Br)cc1N(C)C(C)C#N. The number of benzene rings is 1. The molecule has 15 heavy (non-hydrogen) atoms. The second-order valence-electron chi connectivity index (χ2n) is 3.23. The normalized spacial score (nSPS) is 11.7. The summed E-state index contributed by atoms with van der Waals surface area (Å²) in [6.07, 6.45) is 0. The third-order valence-corrected chi connectivity index (χ3v) is 2.78. The fourth-order valence-electron chi connectivity index (χ4n) is 1.23. The molecule has 80 valence electrons. The summed E-state index contributed by atoms with van der Waals surface area (Å²) >= 11 is 3.40. The molecular weight excluding hydrogens is 256 g/mol. The number of hydrogen-bond donors (Lipinski definition) is 0. The first kappa shape index (κ1) is 11.9. The molecule has 1 rings (SSSR count). The molecule has 0 saturated heterocycles. The first-order chi connectivity index (χ1) is 7.10. The van der Waals surface area contributed by atoms with Gasteiger partial charge in [0.2, 0.25) is 0 Å². The van der Waals surface area contributed by atoms with Crippen LogP contribution in [0.25, 0.3) is 0 Å². The van der Waals surface area contributed by atoms with Gasteiger partial charge < -0.3 is 9.64 Å². The Morgan fingerprint density at radius 1 is 1.53 bits per heavy atom. The van der Waals surface area contributed by atoms with E-state index in [-0.39, 0.29) is 6.04 Å². The zero-order valence-corrected chi connectivity index (χ0v) is 10.6. The van der Waals surface area contributed by atoms with Crippen molar-refractivity contribution in [3.63, 3.8) is 0 Å². The Morgan fingerprint density at radius 3 is 2.73 bits per heavy atom. The van der Waals surface area contributed by atoms with E-state index in [1.54, 1.807) is 7.11 Å². The number of rotatable bonds is 3. The Bertz CT molecular complexity index is 387. The van der Waals surface area contributed by atoms with Crippen molar-refractivity contribution in [2.45, 2.75) is 13.0 Å². The number of halogens is 1. The van der Waals surface area contributed by atoms with Crippen LogP contribution in [0, 0.1) is 11.3 Å². The minimum atomic E-state index is -0.187. The second-order valence-corrected chi connectivity index (χ2v) is 4.15. The van der Waals surface area contributed by atoms with Gasteiger partial charge in [-0.3, -0.25) is 0 Å². The summed E-state index contributed by atoms with van der Waals surface area (Å²) < 4.78 is 6.21. The maximum atomic E-state index is 8.86. The first-order valence-corrected chi connectivity index (χ1v) is 5.35. The minimum Gasteiger partial charge on any atom is -0.495 e. The van der Waals surface area contributed by atoms with Gasteiger partial charge in [-0.15, -0.1) is 0 Å². The summed E-state index contributed by atoms with van der Waals surface area (Å²) in [5.74, 6) is 0.766. The van der Waals surface area contributed by atoms with Gasteiger partial charge in [0.1, 0.15) is 11.8 Å². The van der Waals surface area contributed by atoms with E-state index < -0.39 is 0 Å². The van der Waals surface area contributed by atoms with Gasteiger partial charge in [-0.2, -0.15) is 5.26 Å². The van der Waals surface area contributed by atoms with Gasteiger partial charge in [-0.1, -0.05) is 15.9 Å². The monoisotopic (exact) mass is 268 g/mol. The van der Waals surface area contributed by atoms with Crippen LogP contribution in [0.1, 0.15) is 6.92 Å². The Labute approximate surface area is 98.4 Å². The topological polar surface area (TPSA) is 36.3 Å². The highest BCUT2D eigenvalue weighted by Gasteiger charge is 2.13. The average molecular weight is 269 g/mol. The first-order valence-electron chi connectivity index (χ1n) is 4.56. The fourth-order valence-corrected chi connectivity index (χ4v) is 1.58. The molecule has 1 aromatic carbocycles. The zero-order chi connectivity index (χ0) is 11.4. The maximum Gasteiger partial charge on any atom is 0.142 e. The average Bonchev–Trinajstić information content (AvgIpc) is 2.27. The summed E-state index contributed by atoms with van der Waals surface area (Å²) in [6.45, 7) is 1.85. The summed E-state index contributed by atoms with van der Waals surface area (Å²) in [5.41, 5.74) is 0.904. The second kappa shape index (κ2) is 5.04. The van der Waals surface area contributed by atoms with Crippen LogP contribution in [-0.4, -0.2) is 20.2 Å². The number of ether oxygens (including phenoxy) is 1. The molecule has 0 aliphatic rings. The lowest BCUT2D eigenvalue weighted by molar-refractivity contribution is 0.414. The van der Waals surface area contributed by atoms with Crippen molar-refractivity contribution in [3.05, 3.63) is 22.7 Å². The van der Waals surface area contributed by atoms with Crippen LogP contribution in [0.15, 0.2) is 22.7 Å². The summed E-state index contributed by atoms with van der Waals surface area (Å²) in [7, 11) is 3.50. The van der Waals surface area contributed by atoms with E-state index in [1.807, 2.05) is 37.1 Å². The van der Waals surface area contributed by atoms with Crippen molar-refractivity contribution < 1.29 is 4.74 Å². The lowest BCUT2D eigenvalue weighted by Crippen LogP contribution is -2.27. The molecule has 1 aromatic rings. The predicted molar refractivity (Wildman–Crippen MR) is 64.2 cm³/mol. The van der Waals surface area contributed by atoms with Crippen molar-refractivity contribution >= 4 is 21.6 Å². The Balaban J connectivity index is 3.12. The van der Waals surface area contributed by atoms with E-state index in [1.165, 1.54) is 0 Å². The molecule has 0 aliphatic heterocycles. The highest BCUT2D eigenvalue weighted by Crippen LogP contribution is 2.31. The zero-order valence-electron chi connectivity index (χ0n) is 8.99. The van der Waals surface area contributed by atoms with Crippen LogP contribution in [0.3, 0.4) is 0 Å². The molecular formula is C11H13BrN2O. The van der Waals surface area contributed by atoms with E-state index in [2.05, 4.69) is 22.0 Å². The molecule has 1 unspecified atom stereocenters. The fraction of sp³-hybridized carbons (Fsp3) is 0.364. The van der Waals surface area contributed by atoms with Crippen LogP contribution in [0.2, 0.25) is 0 Å². The molecule has 1 atom stereocenters. The highest BCUT2D eigenvalue weighted by molar-refractivity contribution is 9.10. The van der Waals surface area contributed by atoms with Gasteiger partial charge in [0, 0.05) is 11.5 Å². The Hall–Kier alpha value is -1.21.